The van der Waals surface area contributed by atoms with Crippen LogP contribution in [0.4, 0.5) is 10.1 Å². The van der Waals surface area contributed by atoms with Crippen LogP contribution in [0, 0.1) is 12.7 Å². The first kappa shape index (κ1) is 16.6. The highest BCUT2D eigenvalue weighted by Crippen LogP contribution is 2.18. The number of nitrogens with one attached hydrogen (secondary N) is 1. The number of rotatable bonds is 5. The minimum atomic E-state index is -0.366. The maximum Gasteiger partial charge on any atom is 0.278 e. The van der Waals surface area contributed by atoms with E-state index in [4.69, 9.17) is 4.74 Å². The van der Waals surface area contributed by atoms with Crippen LogP contribution in [-0.2, 0) is 0 Å². The molecular formula is C18H17FN4O2. The summed E-state index contributed by atoms with van der Waals surface area (Å²) in [6, 6.07) is 12.9. The number of hydrogen-bond acceptors (Lipinski definition) is 4. The predicted molar refractivity (Wildman–Crippen MR) is 91.6 cm³/mol. The highest BCUT2D eigenvalue weighted by molar-refractivity contribution is 6.03. The van der Waals surface area contributed by atoms with Gasteiger partial charge in [-0.05, 0) is 62.4 Å². The molecule has 6 nitrogen and oxygen atoms in total. The average Bonchev–Trinajstić information content (AvgIpc) is 2.99. The van der Waals surface area contributed by atoms with Gasteiger partial charge in [-0.2, -0.15) is 0 Å². The Hall–Kier alpha value is -3.22. The molecule has 0 saturated heterocycles. The van der Waals surface area contributed by atoms with Crippen molar-refractivity contribution >= 4 is 11.6 Å². The zero-order chi connectivity index (χ0) is 17.8. The van der Waals surface area contributed by atoms with Crippen LogP contribution in [0.3, 0.4) is 0 Å². The molecule has 0 atom stereocenters. The monoisotopic (exact) mass is 340 g/mol. The minimum absolute atomic E-state index is 0.207. The second kappa shape index (κ2) is 7.12. The fraction of sp³-hybridized carbons (Fsp3) is 0.167. The van der Waals surface area contributed by atoms with Crippen molar-refractivity contribution in [3.05, 3.63) is 65.7 Å². The van der Waals surface area contributed by atoms with Gasteiger partial charge >= 0.3 is 0 Å². The van der Waals surface area contributed by atoms with Crippen molar-refractivity contribution in [2.75, 3.05) is 11.9 Å². The van der Waals surface area contributed by atoms with E-state index in [9.17, 15) is 9.18 Å². The number of nitrogens with zero attached hydrogens (tertiary/aromatic N) is 3. The summed E-state index contributed by atoms with van der Waals surface area (Å²) in [7, 11) is 0. The van der Waals surface area contributed by atoms with Gasteiger partial charge in [0.2, 0.25) is 0 Å². The van der Waals surface area contributed by atoms with Crippen molar-refractivity contribution in [1.82, 2.24) is 15.0 Å². The fourth-order valence-electron chi connectivity index (χ4n) is 2.36. The van der Waals surface area contributed by atoms with Crippen molar-refractivity contribution in [2.24, 2.45) is 0 Å². The van der Waals surface area contributed by atoms with Gasteiger partial charge in [-0.3, -0.25) is 4.79 Å². The van der Waals surface area contributed by atoms with E-state index in [0.717, 1.165) is 5.75 Å². The SMILES string of the molecule is CCOc1ccc(NC(=O)c2nnn(-c3ccc(F)cc3)c2C)cc1. The standard InChI is InChI=1S/C18H17FN4O2/c1-3-25-16-10-6-14(7-11-16)20-18(24)17-12(2)23(22-21-17)15-8-4-13(19)5-9-15/h4-11H,3H2,1-2H3,(H,20,24). The van der Waals surface area contributed by atoms with Gasteiger partial charge in [0, 0.05) is 5.69 Å². The number of benzene rings is 2. The molecule has 0 spiro atoms. The summed E-state index contributed by atoms with van der Waals surface area (Å²) in [5.74, 6) is 0.0314. The lowest BCUT2D eigenvalue weighted by molar-refractivity contribution is 0.102. The van der Waals surface area contributed by atoms with Gasteiger partial charge in [-0.25, -0.2) is 9.07 Å². The molecule has 1 heterocycles. The third kappa shape index (κ3) is 3.65. The van der Waals surface area contributed by atoms with E-state index in [1.54, 1.807) is 43.3 Å². The minimum Gasteiger partial charge on any atom is -0.494 e. The first-order valence-corrected chi connectivity index (χ1v) is 7.81. The Kier molecular flexibility index (Phi) is 4.74. The first-order chi connectivity index (χ1) is 12.1. The Labute approximate surface area is 144 Å². The number of carbonyl (C=O) groups excluding carboxylic acids is 1. The number of anilines is 1. The number of amides is 1. The molecule has 0 aliphatic carbocycles. The van der Waals surface area contributed by atoms with Gasteiger partial charge in [0.25, 0.3) is 5.91 Å². The highest BCUT2D eigenvalue weighted by Gasteiger charge is 2.17. The molecule has 128 valence electrons. The molecule has 0 aliphatic rings. The molecule has 1 aromatic heterocycles. The predicted octanol–water partition coefficient (Wildman–Crippen LogP) is 3.37. The molecule has 3 rings (SSSR count). The summed E-state index contributed by atoms with van der Waals surface area (Å²) in [5, 5.41) is 10.7. The van der Waals surface area contributed by atoms with Crippen LogP contribution in [0.5, 0.6) is 5.75 Å². The summed E-state index contributed by atoms with van der Waals surface area (Å²) in [4.78, 5) is 12.4. The van der Waals surface area contributed by atoms with Crippen molar-refractivity contribution in [1.29, 1.82) is 0 Å². The quantitative estimate of drug-likeness (QED) is 0.773. The second-order valence-corrected chi connectivity index (χ2v) is 5.32. The lowest BCUT2D eigenvalue weighted by Crippen LogP contribution is -2.14. The first-order valence-electron chi connectivity index (χ1n) is 7.81. The van der Waals surface area contributed by atoms with E-state index in [-0.39, 0.29) is 17.4 Å². The zero-order valence-corrected chi connectivity index (χ0v) is 13.9. The van der Waals surface area contributed by atoms with E-state index in [0.29, 0.717) is 23.7 Å². The Morgan fingerprint density at radius 2 is 1.84 bits per heavy atom. The van der Waals surface area contributed by atoms with Crippen LogP contribution in [0.2, 0.25) is 0 Å². The molecule has 1 N–H and O–H groups in total. The zero-order valence-electron chi connectivity index (χ0n) is 13.9. The molecule has 2 aromatic carbocycles. The summed E-state index contributed by atoms with van der Waals surface area (Å²) in [5.41, 5.74) is 2.03. The summed E-state index contributed by atoms with van der Waals surface area (Å²) in [6.45, 7) is 4.22. The smallest absolute Gasteiger partial charge is 0.278 e. The lowest BCUT2D eigenvalue weighted by Gasteiger charge is -2.07. The van der Waals surface area contributed by atoms with E-state index in [2.05, 4.69) is 15.6 Å². The van der Waals surface area contributed by atoms with Gasteiger partial charge in [-0.1, -0.05) is 5.21 Å². The summed E-state index contributed by atoms with van der Waals surface area (Å²) < 4.78 is 19.9. The van der Waals surface area contributed by atoms with Gasteiger partial charge < -0.3 is 10.1 Å². The van der Waals surface area contributed by atoms with Crippen LogP contribution >= 0.6 is 0 Å². The Morgan fingerprint density at radius 3 is 2.48 bits per heavy atom. The topological polar surface area (TPSA) is 69.0 Å². The second-order valence-electron chi connectivity index (χ2n) is 5.32. The average molecular weight is 340 g/mol. The number of aromatic nitrogens is 3. The molecule has 1 amide bonds. The van der Waals surface area contributed by atoms with Crippen molar-refractivity contribution in [2.45, 2.75) is 13.8 Å². The highest BCUT2D eigenvalue weighted by atomic mass is 19.1. The number of hydrogen-bond donors (Lipinski definition) is 1. The molecular weight excluding hydrogens is 323 g/mol. The molecule has 0 saturated carbocycles. The van der Waals surface area contributed by atoms with Crippen LogP contribution in [-0.4, -0.2) is 27.5 Å². The van der Waals surface area contributed by atoms with Gasteiger partial charge in [0.1, 0.15) is 11.6 Å². The molecule has 25 heavy (non-hydrogen) atoms. The van der Waals surface area contributed by atoms with Gasteiger partial charge in [0.05, 0.1) is 18.0 Å². The third-order valence-electron chi connectivity index (χ3n) is 3.60. The fourth-order valence-corrected chi connectivity index (χ4v) is 2.36. The number of carbonyl (C=O) groups is 1. The maximum absolute atomic E-state index is 13.0. The largest absolute Gasteiger partial charge is 0.494 e. The Bertz CT molecular complexity index is 873. The van der Waals surface area contributed by atoms with Crippen LogP contribution in [0.15, 0.2) is 48.5 Å². The third-order valence-corrected chi connectivity index (χ3v) is 3.60. The number of halogens is 1. The van der Waals surface area contributed by atoms with Gasteiger partial charge in [-0.15, -0.1) is 5.10 Å². The summed E-state index contributed by atoms with van der Waals surface area (Å²) in [6.07, 6.45) is 0. The van der Waals surface area contributed by atoms with Crippen molar-refractivity contribution in [3.8, 4) is 11.4 Å². The van der Waals surface area contributed by atoms with Crippen LogP contribution in [0.25, 0.3) is 5.69 Å². The normalized spacial score (nSPS) is 10.5. The molecule has 0 aliphatic heterocycles. The molecule has 0 bridgehead atoms. The van der Waals surface area contributed by atoms with Gasteiger partial charge in [0.15, 0.2) is 5.69 Å². The van der Waals surface area contributed by atoms with Crippen molar-refractivity contribution in [3.63, 3.8) is 0 Å². The van der Waals surface area contributed by atoms with Crippen LogP contribution < -0.4 is 10.1 Å². The van der Waals surface area contributed by atoms with E-state index < -0.39 is 0 Å². The molecule has 7 heteroatoms. The summed E-state index contributed by atoms with van der Waals surface area (Å²) >= 11 is 0. The lowest BCUT2D eigenvalue weighted by atomic mass is 10.2. The van der Waals surface area contributed by atoms with E-state index >= 15 is 0 Å². The van der Waals surface area contributed by atoms with E-state index in [1.807, 2.05) is 6.92 Å². The maximum atomic E-state index is 13.0. The Morgan fingerprint density at radius 1 is 1.16 bits per heavy atom. The molecule has 0 radical (unpaired) electrons. The Balaban J connectivity index is 1.77. The molecule has 0 fully saturated rings. The van der Waals surface area contributed by atoms with Crippen molar-refractivity contribution < 1.29 is 13.9 Å². The van der Waals surface area contributed by atoms with E-state index in [1.165, 1.54) is 16.8 Å². The molecule has 0 unspecified atom stereocenters. The number of ether oxygens (including phenoxy) is 1. The molecule has 3 aromatic rings. The van der Waals surface area contributed by atoms with Crippen LogP contribution in [0.1, 0.15) is 23.1 Å².